The van der Waals surface area contributed by atoms with Crippen molar-refractivity contribution in [3.8, 4) is 0 Å². The molecule has 0 bridgehead atoms. The Bertz CT molecular complexity index is 425. The Hall–Kier alpha value is -2.10. The molecule has 0 aliphatic rings. The van der Waals surface area contributed by atoms with E-state index in [9.17, 15) is 9.59 Å². The first-order valence-electron chi connectivity index (χ1n) is 4.90. The van der Waals surface area contributed by atoms with Crippen molar-refractivity contribution in [3.05, 3.63) is 35.9 Å². The van der Waals surface area contributed by atoms with Crippen LogP contribution in [0, 0.1) is 0 Å². The van der Waals surface area contributed by atoms with E-state index in [-0.39, 0.29) is 18.2 Å². The molecule has 0 radical (unpaired) electrons. The highest BCUT2D eigenvalue weighted by molar-refractivity contribution is 5.89. The summed E-state index contributed by atoms with van der Waals surface area (Å²) in [5.41, 5.74) is 6.65. The van der Waals surface area contributed by atoms with E-state index in [1.807, 2.05) is 18.2 Å². The lowest BCUT2D eigenvalue weighted by atomic mass is 10.1. The second kappa shape index (κ2) is 5.70. The summed E-state index contributed by atoms with van der Waals surface area (Å²) in [5, 5.41) is 2.68. The van der Waals surface area contributed by atoms with Crippen molar-refractivity contribution in [1.29, 1.82) is 0 Å². The number of amides is 2. The third-order valence-corrected chi connectivity index (χ3v) is 1.84. The van der Waals surface area contributed by atoms with E-state index < -0.39 is 0 Å². The summed E-state index contributed by atoms with van der Waals surface area (Å²) in [5.74, 6) is -0.479. The van der Waals surface area contributed by atoms with Gasteiger partial charge >= 0.3 is 0 Å². The minimum absolute atomic E-state index is 0.113. The summed E-state index contributed by atoms with van der Waals surface area (Å²) in [6, 6.07) is 7.32. The number of anilines is 1. The van der Waals surface area contributed by atoms with E-state index >= 15 is 0 Å². The lowest BCUT2D eigenvalue weighted by Gasteiger charge is -2.02. The molecule has 0 saturated carbocycles. The number of nitrogens with one attached hydrogen (secondary N) is 1. The monoisotopic (exact) mass is 218 g/mol. The fourth-order valence-corrected chi connectivity index (χ4v) is 1.23. The van der Waals surface area contributed by atoms with Gasteiger partial charge in [-0.2, -0.15) is 0 Å². The molecule has 0 aliphatic carbocycles. The predicted octanol–water partition coefficient (Wildman–Crippen LogP) is 1.53. The molecule has 2 amide bonds. The molecule has 0 aromatic heterocycles. The van der Waals surface area contributed by atoms with Gasteiger partial charge in [0.15, 0.2) is 0 Å². The quantitative estimate of drug-likeness (QED) is 0.804. The zero-order valence-electron chi connectivity index (χ0n) is 9.07. The maximum Gasteiger partial charge on any atom is 0.221 e. The second-order valence-electron chi connectivity index (χ2n) is 3.38. The Morgan fingerprint density at radius 3 is 2.81 bits per heavy atom. The molecule has 84 valence electrons. The highest BCUT2D eigenvalue weighted by Gasteiger charge is 1.95. The van der Waals surface area contributed by atoms with Crippen LogP contribution in [0.5, 0.6) is 0 Å². The molecule has 0 spiro atoms. The standard InChI is InChI=1S/C12H14N2O2/c1-9(15)14-11-6-2-4-10(8-11)5-3-7-12(13)16/h2-6,8H,7H2,1H3,(H2,13,16)(H,14,15). The van der Waals surface area contributed by atoms with Gasteiger partial charge in [0.25, 0.3) is 0 Å². The van der Waals surface area contributed by atoms with Gasteiger partial charge in [-0.3, -0.25) is 9.59 Å². The van der Waals surface area contributed by atoms with Crippen LogP contribution in [0.1, 0.15) is 18.9 Å². The van der Waals surface area contributed by atoms with Crippen LogP contribution in [-0.2, 0) is 9.59 Å². The van der Waals surface area contributed by atoms with Crippen molar-refractivity contribution in [2.75, 3.05) is 5.32 Å². The van der Waals surface area contributed by atoms with Crippen molar-refractivity contribution >= 4 is 23.6 Å². The Morgan fingerprint density at radius 1 is 1.44 bits per heavy atom. The molecule has 0 heterocycles. The molecule has 3 N–H and O–H groups in total. The van der Waals surface area contributed by atoms with Gasteiger partial charge in [0.2, 0.25) is 11.8 Å². The van der Waals surface area contributed by atoms with Gasteiger partial charge in [0, 0.05) is 19.0 Å². The molecule has 1 aromatic rings. The van der Waals surface area contributed by atoms with Crippen LogP contribution < -0.4 is 11.1 Å². The number of rotatable bonds is 4. The van der Waals surface area contributed by atoms with Gasteiger partial charge in [0.05, 0.1) is 0 Å². The maximum absolute atomic E-state index is 10.8. The van der Waals surface area contributed by atoms with Crippen molar-refractivity contribution < 1.29 is 9.59 Å². The maximum atomic E-state index is 10.8. The molecular formula is C12H14N2O2. The third kappa shape index (κ3) is 4.41. The minimum Gasteiger partial charge on any atom is -0.369 e. The van der Waals surface area contributed by atoms with Crippen LogP contribution in [0.15, 0.2) is 30.3 Å². The Morgan fingerprint density at radius 2 is 2.19 bits per heavy atom. The number of primary amides is 1. The smallest absolute Gasteiger partial charge is 0.221 e. The van der Waals surface area contributed by atoms with Crippen LogP contribution in [0.4, 0.5) is 5.69 Å². The van der Waals surface area contributed by atoms with Crippen LogP contribution in [0.2, 0.25) is 0 Å². The lowest BCUT2D eigenvalue weighted by Crippen LogP contribution is -2.07. The molecule has 4 heteroatoms. The molecule has 16 heavy (non-hydrogen) atoms. The van der Waals surface area contributed by atoms with Crippen molar-refractivity contribution in [2.45, 2.75) is 13.3 Å². The topological polar surface area (TPSA) is 72.2 Å². The summed E-state index contributed by atoms with van der Waals surface area (Å²) < 4.78 is 0. The molecule has 0 aliphatic heterocycles. The summed E-state index contributed by atoms with van der Waals surface area (Å²) in [4.78, 5) is 21.4. The summed E-state index contributed by atoms with van der Waals surface area (Å²) in [6.07, 6.45) is 3.69. The number of benzene rings is 1. The zero-order chi connectivity index (χ0) is 12.0. The van der Waals surface area contributed by atoms with Gasteiger partial charge in [-0.05, 0) is 17.7 Å². The van der Waals surface area contributed by atoms with E-state index in [0.29, 0.717) is 0 Å². The van der Waals surface area contributed by atoms with Gasteiger partial charge in [-0.15, -0.1) is 0 Å². The number of carbonyl (C=O) groups is 2. The Kier molecular flexibility index (Phi) is 4.27. The van der Waals surface area contributed by atoms with Gasteiger partial charge in [-0.1, -0.05) is 24.3 Å². The fourth-order valence-electron chi connectivity index (χ4n) is 1.23. The van der Waals surface area contributed by atoms with Gasteiger partial charge in [-0.25, -0.2) is 0 Å². The number of hydrogen-bond acceptors (Lipinski definition) is 2. The average molecular weight is 218 g/mol. The van der Waals surface area contributed by atoms with Crippen molar-refractivity contribution in [1.82, 2.24) is 0 Å². The van der Waals surface area contributed by atoms with Crippen molar-refractivity contribution in [3.63, 3.8) is 0 Å². The first-order chi connectivity index (χ1) is 7.58. The number of hydrogen-bond donors (Lipinski definition) is 2. The minimum atomic E-state index is -0.366. The van der Waals surface area contributed by atoms with E-state index in [1.54, 1.807) is 18.2 Å². The zero-order valence-corrected chi connectivity index (χ0v) is 9.07. The lowest BCUT2D eigenvalue weighted by molar-refractivity contribution is -0.117. The van der Waals surface area contributed by atoms with Crippen LogP contribution >= 0.6 is 0 Å². The Labute approximate surface area is 94.1 Å². The molecule has 0 fully saturated rings. The summed E-state index contributed by atoms with van der Waals surface area (Å²) in [6.45, 7) is 1.45. The molecule has 0 atom stereocenters. The number of nitrogens with two attached hydrogens (primary N) is 1. The number of carbonyl (C=O) groups excluding carboxylic acids is 2. The van der Waals surface area contributed by atoms with Crippen LogP contribution in [0.3, 0.4) is 0 Å². The highest BCUT2D eigenvalue weighted by Crippen LogP contribution is 2.12. The van der Waals surface area contributed by atoms with Crippen LogP contribution in [0.25, 0.3) is 6.08 Å². The van der Waals surface area contributed by atoms with E-state index in [0.717, 1.165) is 11.3 Å². The molecule has 0 unspecified atom stereocenters. The van der Waals surface area contributed by atoms with E-state index in [4.69, 9.17) is 5.73 Å². The second-order valence-corrected chi connectivity index (χ2v) is 3.38. The average Bonchev–Trinajstić information content (AvgIpc) is 2.16. The largest absolute Gasteiger partial charge is 0.369 e. The highest BCUT2D eigenvalue weighted by atomic mass is 16.1. The van der Waals surface area contributed by atoms with Gasteiger partial charge in [0.1, 0.15) is 0 Å². The summed E-state index contributed by atoms with van der Waals surface area (Å²) in [7, 11) is 0. The molecule has 1 rings (SSSR count). The van der Waals surface area contributed by atoms with E-state index in [1.165, 1.54) is 6.92 Å². The molecule has 4 nitrogen and oxygen atoms in total. The summed E-state index contributed by atoms with van der Waals surface area (Å²) >= 11 is 0. The van der Waals surface area contributed by atoms with Crippen LogP contribution in [-0.4, -0.2) is 11.8 Å². The Balaban J connectivity index is 2.70. The fraction of sp³-hybridized carbons (Fsp3) is 0.167. The molecular weight excluding hydrogens is 204 g/mol. The normalized spacial score (nSPS) is 10.3. The van der Waals surface area contributed by atoms with Crippen molar-refractivity contribution in [2.24, 2.45) is 5.73 Å². The third-order valence-electron chi connectivity index (χ3n) is 1.84. The first-order valence-corrected chi connectivity index (χ1v) is 4.90. The van der Waals surface area contributed by atoms with E-state index in [2.05, 4.69) is 5.32 Å². The first kappa shape index (κ1) is 12.0. The molecule has 0 saturated heterocycles. The van der Waals surface area contributed by atoms with Gasteiger partial charge < -0.3 is 11.1 Å². The molecule has 1 aromatic carbocycles. The SMILES string of the molecule is CC(=O)Nc1cccc(C=CCC(N)=O)c1. The predicted molar refractivity (Wildman–Crippen MR) is 63.6 cm³/mol.